The van der Waals surface area contributed by atoms with Crippen LogP contribution >= 0.6 is 11.6 Å². The molecule has 9 heteroatoms. The number of hydrogen-bond acceptors (Lipinski definition) is 5. The molecule has 0 bridgehead atoms. The van der Waals surface area contributed by atoms with Crippen molar-refractivity contribution in [2.45, 2.75) is 19.0 Å². The molecule has 8 nitrogen and oxygen atoms in total. The molecule has 0 radical (unpaired) electrons. The molecule has 0 fully saturated rings. The fourth-order valence-corrected chi connectivity index (χ4v) is 2.62. The number of hydrogen-bond donors (Lipinski definition) is 3. The van der Waals surface area contributed by atoms with Crippen molar-refractivity contribution in [3.05, 3.63) is 71.0 Å². The molecule has 1 aromatic heterocycles. The van der Waals surface area contributed by atoms with Gasteiger partial charge in [0.1, 0.15) is 0 Å². The van der Waals surface area contributed by atoms with Gasteiger partial charge in [0.25, 0.3) is 0 Å². The van der Waals surface area contributed by atoms with Crippen LogP contribution < -0.4 is 10.6 Å². The zero-order valence-corrected chi connectivity index (χ0v) is 15.2. The van der Waals surface area contributed by atoms with Gasteiger partial charge in [-0.05, 0) is 35.0 Å². The molecule has 0 saturated heterocycles. The fraction of sp³-hybridized carbons (Fsp3) is 0.222. The predicted molar refractivity (Wildman–Crippen MR) is 101 cm³/mol. The van der Waals surface area contributed by atoms with Gasteiger partial charge in [-0.15, -0.1) is 10.2 Å². The predicted octanol–water partition coefficient (Wildman–Crippen LogP) is 2.42. The Morgan fingerprint density at radius 2 is 1.89 bits per heavy atom. The van der Waals surface area contributed by atoms with Crippen LogP contribution in [-0.4, -0.2) is 38.0 Å². The third-order valence-corrected chi connectivity index (χ3v) is 4.02. The lowest BCUT2D eigenvalue weighted by atomic mass is 10.1. The number of nitrogens with one attached hydrogen (secondary N) is 2. The van der Waals surface area contributed by atoms with Crippen LogP contribution in [0.25, 0.3) is 0 Å². The van der Waals surface area contributed by atoms with Crippen LogP contribution in [0.4, 0.5) is 10.5 Å². The lowest BCUT2D eigenvalue weighted by Crippen LogP contribution is -2.34. The molecule has 140 valence electrons. The molecule has 2 aromatic carbocycles. The van der Waals surface area contributed by atoms with Crippen LogP contribution in [0.15, 0.2) is 54.6 Å². The number of anilines is 1. The molecule has 0 aliphatic rings. The number of urea groups is 1. The zero-order valence-electron chi connectivity index (χ0n) is 14.4. The van der Waals surface area contributed by atoms with Crippen molar-refractivity contribution in [2.75, 3.05) is 11.9 Å². The molecule has 3 rings (SSSR count). The van der Waals surface area contributed by atoms with Crippen LogP contribution in [0.2, 0.25) is 5.02 Å². The van der Waals surface area contributed by atoms with Crippen LogP contribution in [0, 0.1) is 0 Å². The highest BCUT2D eigenvalue weighted by Gasteiger charge is 2.20. The van der Waals surface area contributed by atoms with Gasteiger partial charge in [0, 0.05) is 17.1 Å². The molecule has 0 aliphatic carbocycles. The smallest absolute Gasteiger partial charge is 0.319 e. The third kappa shape index (κ3) is 5.50. The van der Waals surface area contributed by atoms with E-state index in [1.165, 1.54) is 4.80 Å². The van der Waals surface area contributed by atoms with E-state index in [-0.39, 0.29) is 13.2 Å². The summed E-state index contributed by atoms with van der Waals surface area (Å²) < 4.78 is 0. The third-order valence-electron chi connectivity index (χ3n) is 3.77. The Balaban J connectivity index is 1.73. The maximum Gasteiger partial charge on any atom is 0.319 e. The number of aromatic nitrogens is 4. The Bertz CT molecular complexity index is 869. The molecule has 27 heavy (non-hydrogen) atoms. The maximum absolute atomic E-state index is 12.4. The van der Waals surface area contributed by atoms with Crippen molar-refractivity contribution in [3.63, 3.8) is 0 Å². The van der Waals surface area contributed by atoms with Gasteiger partial charge < -0.3 is 15.7 Å². The van der Waals surface area contributed by atoms with E-state index in [0.717, 1.165) is 5.56 Å². The summed E-state index contributed by atoms with van der Waals surface area (Å²) in [6, 6.07) is 15.6. The number of aliphatic hydroxyl groups is 1. The summed E-state index contributed by atoms with van der Waals surface area (Å²) in [7, 11) is 0. The SMILES string of the molecule is O=C(Nc1ccc(Cl)cc1)NC(Cc1ccccc1)c1nnn(CCO)n1. The summed E-state index contributed by atoms with van der Waals surface area (Å²) in [5.74, 6) is 0.374. The Morgan fingerprint density at radius 1 is 1.15 bits per heavy atom. The highest BCUT2D eigenvalue weighted by Crippen LogP contribution is 2.16. The number of carbonyl (C=O) groups is 1. The molecule has 3 N–H and O–H groups in total. The summed E-state index contributed by atoms with van der Waals surface area (Å²) in [5.41, 5.74) is 1.64. The number of amides is 2. The average molecular weight is 387 g/mol. The van der Waals surface area contributed by atoms with E-state index in [0.29, 0.717) is 23.0 Å². The molecule has 1 unspecified atom stereocenters. The van der Waals surface area contributed by atoms with Gasteiger partial charge >= 0.3 is 6.03 Å². The molecule has 3 aromatic rings. The van der Waals surface area contributed by atoms with E-state index in [4.69, 9.17) is 16.7 Å². The van der Waals surface area contributed by atoms with Gasteiger partial charge in [-0.3, -0.25) is 0 Å². The first-order valence-electron chi connectivity index (χ1n) is 8.39. The van der Waals surface area contributed by atoms with E-state index in [9.17, 15) is 4.79 Å². The number of carbonyl (C=O) groups excluding carboxylic acids is 1. The second-order valence-electron chi connectivity index (χ2n) is 5.81. The van der Waals surface area contributed by atoms with Gasteiger partial charge in [-0.25, -0.2) is 4.79 Å². The van der Waals surface area contributed by atoms with Crippen LogP contribution in [0.5, 0.6) is 0 Å². The normalized spacial score (nSPS) is 11.8. The second kappa shape index (κ2) is 9.11. The topological polar surface area (TPSA) is 105 Å². The van der Waals surface area contributed by atoms with E-state index in [1.807, 2.05) is 30.3 Å². The molecule has 0 aliphatic heterocycles. The van der Waals surface area contributed by atoms with Crippen molar-refractivity contribution in [2.24, 2.45) is 0 Å². The zero-order chi connectivity index (χ0) is 19.1. The maximum atomic E-state index is 12.4. The Kier molecular flexibility index (Phi) is 6.35. The first kappa shape index (κ1) is 18.8. The van der Waals surface area contributed by atoms with E-state index < -0.39 is 12.1 Å². The Morgan fingerprint density at radius 3 is 2.59 bits per heavy atom. The standard InChI is InChI=1S/C18H19ClN6O2/c19-14-6-8-15(9-7-14)20-18(27)21-16(12-13-4-2-1-3-5-13)17-22-24-25(23-17)10-11-26/h1-9,16,26H,10-12H2,(H2,20,21,27). The van der Waals surface area contributed by atoms with Gasteiger partial charge in [0.05, 0.1) is 19.2 Å². The van der Waals surface area contributed by atoms with Gasteiger partial charge in [0.15, 0.2) is 5.82 Å². The number of nitrogens with zero attached hydrogens (tertiary/aromatic N) is 4. The Labute approximate surface area is 161 Å². The molecular weight excluding hydrogens is 368 g/mol. The lowest BCUT2D eigenvalue weighted by Gasteiger charge is -2.16. The summed E-state index contributed by atoms with van der Waals surface area (Å²) in [6.07, 6.45) is 0.500. The first-order valence-corrected chi connectivity index (χ1v) is 8.77. The number of benzene rings is 2. The minimum atomic E-state index is -0.479. The minimum Gasteiger partial charge on any atom is -0.394 e. The number of aliphatic hydroxyl groups excluding tert-OH is 1. The molecule has 1 atom stereocenters. The van der Waals surface area contributed by atoms with Crippen molar-refractivity contribution in [3.8, 4) is 0 Å². The summed E-state index contributed by atoms with van der Waals surface area (Å²) >= 11 is 5.86. The van der Waals surface area contributed by atoms with Crippen molar-refractivity contribution in [1.29, 1.82) is 0 Å². The number of halogens is 1. The van der Waals surface area contributed by atoms with Crippen LogP contribution in [0.1, 0.15) is 17.4 Å². The van der Waals surface area contributed by atoms with Crippen LogP contribution in [0.3, 0.4) is 0 Å². The first-order chi connectivity index (χ1) is 13.1. The lowest BCUT2D eigenvalue weighted by molar-refractivity contribution is 0.247. The highest BCUT2D eigenvalue weighted by molar-refractivity contribution is 6.30. The van der Waals surface area contributed by atoms with Gasteiger partial charge in [0.2, 0.25) is 0 Å². The number of tetrazole rings is 1. The van der Waals surface area contributed by atoms with E-state index >= 15 is 0 Å². The molecule has 1 heterocycles. The van der Waals surface area contributed by atoms with E-state index in [2.05, 4.69) is 26.0 Å². The highest BCUT2D eigenvalue weighted by atomic mass is 35.5. The van der Waals surface area contributed by atoms with Gasteiger partial charge in [-0.2, -0.15) is 4.80 Å². The molecule has 0 spiro atoms. The summed E-state index contributed by atoms with van der Waals surface area (Å²) in [6.45, 7) is 0.145. The van der Waals surface area contributed by atoms with Crippen molar-refractivity contribution in [1.82, 2.24) is 25.5 Å². The van der Waals surface area contributed by atoms with Gasteiger partial charge in [-0.1, -0.05) is 41.9 Å². The molecule has 0 saturated carbocycles. The van der Waals surface area contributed by atoms with E-state index in [1.54, 1.807) is 24.3 Å². The van der Waals surface area contributed by atoms with Crippen molar-refractivity contribution < 1.29 is 9.90 Å². The minimum absolute atomic E-state index is 0.0936. The monoisotopic (exact) mass is 386 g/mol. The average Bonchev–Trinajstić information content (AvgIpc) is 3.13. The van der Waals surface area contributed by atoms with Crippen LogP contribution in [-0.2, 0) is 13.0 Å². The summed E-state index contributed by atoms with van der Waals surface area (Å²) in [5, 5.41) is 27.4. The Hall–Kier alpha value is -2.97. The fourth-order valence-electron chi connectivity index (χ4n) is 2.49. The second-order valence-corrected chi connectivity index (χ2v) is 6.25. The quantitative estimate of drug-likeness (QED) is 0.578. The molecule has 2 amide bonds. The summed E-state index contributed by atoms with van der Waals surface area (Å²) in [4.78, 5) is 13.7. The molecular formula is C18H19ClN6O2. The largest absolute Gasteiger partial charge is 0.394 e. The van der Waals surface area contributed by atoms with Crippen molar-refractivity contribution >= 4 is 23.3 Å². The number of rotatable bonds is 7.